The molecule has 0 bridgehead atoms. The van der Waals surface area contributed by atoms with Crippen molar-refractivity contribution < 1.29 is 9.72 Å². The van der Waals surface area contributed by atoms with Crippen LogP contribution in [0.2, 0.25) is 0 Å². The van der Waals surface area contributed by atoms with Gasteiger partial charge in [-0.3, -0.25) is 19.9 Å². The summed E-state index contributed by atoms with van der Waals surface area (Å²) in [7, 11) is 3.35. The van der Waals surface area contributed by atoms with E-state index in [2.05, 4.69) is 10.3 Å². The lowest BCUT2D eigenvalue weighted by Crippen LogP contribution is -2.24. The number of nitrogens with one attached hydrogen (secondary N) is 1. The zero-order valence-electron chi connectivity index (χ0n) is 11.9. The second kappa shape index (κ2) is 6.17. The third kappa shape index (κ3) is 3.25. The standard InChI is InChI=1S/C14H16N4O3/c1-17(2)13(19)7-9-16-12-6-5-11-10(4-3-8-15-11)14(12)18(20)21/h3-6,8,16H,7,9H2,1-2H3. The van der Waals surface area contributed by atoms with E-state index in [0.717, 1.165) is 0 Å². The molecule has 2 rings (SSSR count). The number of benzene rings is 1. The van der Waals surface area contributed by atoms with Gasteiger partial charge in [0.05, 0.1) is 15.8 Å². The lowest BCUT2D eigenvalue weighted by atomic mass is 10.1. The lowest BCUT2D eigenvalue weighted by molar-refractivity contribution is -0.382. The van der Waals surface area contributed by atoms with Crippen LogP contribution in [0.5, 0.6) is 0 Å². The van der Waals surface area contributed by atoms with E-state index in [1.54, 1.807) is 44.6 Å². The van der Waals surface area contributed by atoms with Crippen molar-refractivity contribution >= 4 is 28.2 Å². The molecule has 1 aromatic carbocycles. The van der Waals surface area contributed by atoms with E-state index in [4.69, 9.17) is 0 Å². The first kappa shape index (κ1) is 14.7. The maximum Gasteiger partial charge on any atom is 0.301 e. The monoisotopic (exact) mass is 288 g/mol. The molecule has 1 aromatic heterocycles. The van der Waals surface area contributed by atoms with Crippen molar-refractivity contribution in [2.75, 3.05) is 26.0 Å². The van der Waals surface area contributed by atoms with Crippen LogP contribution < -0.4 is 5.32 Å². The number of hydrogen-bond acceptors (Lipinski definition) is 5. The molecule has 0 unspecified atom stereocenters. The minimum atomic E-state index is -0.430. The highest BCUT2D eigenvalue weighted by molar-refractivity contribution is 5.94. The number of carbonyl (C=O) groups excluding carboxylic acids is 1. The van der Waals surface area contributed by atoms with Gasteiger partial charge in [0, 0.05) is 33.3 Å². The van der Waals surface area contributed by atoms with Crippen molar-refractivity contribution in [2.45, 2.75) is 6.42 Å². The molecule has 0 radical (unpaired) electrons. The average Bonchev–Trinajstić information content (AvgIpc) is 2.46. The summed E-state index contributed by atoms with van der Waals surface area (Å²) in [6.45, 7) is 0.337. The second-order valence-corrected chi connectivity index (χ2v) is 4.75. The van der Waals surface area contributed by atoms with E-state index in [-0.39, 0.29) is 18.0 Å². The second-order valence-electron chi connectivity index (χ2n) is 4.75. The number of amides is 1. The van der Waals surface area contributed by atoms with Crippen LogP contribution in [0, 0.1) is 10.1 Å². The zero-order valence-corrected chi connectivity index (χ0v) is 11.9. The van der Waals surface area contributed by atoms with Crippen molar-refractivity contribution in [1.29, 1.82) is 0 Å². The van der Waals surface area contributed by atoms with Crippen molar-refractivity contribution in [1.82, 2.24) is 9.88 Å². The first-order chi connectivity index (χ1) is 10.0. The maximum absolute atomic E-state index is 11.5. The largest absolute Gasteiger partial charge is 0.379 e. The Kier molecular flexibility index (Phi) is 4.32. The van der Waals surface area contributed by atoms with Crippen molar-refractivity contribution in [3.8, 4) is 0 Å². The molecule has 0 atom stereocenters. The molecule has 0 fully saturated rings. The first-order valence-corrected chi connectivity index (χ1v) is 6.47. The normalized spacial score (nSPS) is 10.4. The summed E-state index contributed by atoms with van der Waals surface area (Å²) in [5.41, 5.74) is 0.948. The molecular formula is C14H16N4O3. The molecule has 0 aliphatic carbocycles. The van der Waals surface area contributed by atoms with Gasteiger partial charge in [-0.2, -0.15) is 0 Å². The Balaban J connectivity index is 2.25. The fourth-order valence-corrected chi connectivity index (χ4v) is 2.00. The minimum absolute atomic E-state index is 0.0158. The van der Waals surface area contributed by atoms with Gasteiger partial charge in [-0.05, 0) is 24.3 Å². The van der Waals surface area contributed by atoms with Gasteiger partial charge < -0.3 is 10.2 Å². The smallest absolute Gasteiger partial charge is 0.301 e. The van der Waals surface area contributed by atoms with E-state index >= 15 is 0 Å². The summed E-state index contributed by atoms with van der Waals surface area (Å²) in [4.78, 5) is 28.0. The molecule has 0 spiro atoms. The summed E-state index contributed by atoms with van der Waals surface area (Å²) in [5, 5.41) is 14.7. The van der Waals surface area contributed by atoms with Crippen molar-refractivity contribution in [3.63, 3.8) is 0 Å². The zero-order chi connectivity index (χ0) is 15.4. The average molecular weight is 288 g/mol. The van der Waals surface area contributed by atoms with E-state index in [1.807, 2.05) is 0 Å². The fraction of sp³-hybridized carbons (Fsp3) is 0.286. The van der Waals surface area contributed by atoms with Crippen LogP contribution in [-0.4, -0.2) is 41.4 Å². The van der Waals surface area contributed by atoms with E-state index in [1.165, 1.54) is 4.90 Å². The van der Waals surface area contributed by atoms with Crippen LogP contribution in [0.4, 0.5) is 11.4 Å². The Bertz CT molecular complexity index is 685. The molecular weight excluding hydrogens is 272 g/mol. The maximum atomic E-state index is 11.5. The first-order valence-electron chi connectivity index (χ1n) is 6.47. The number of nitro benzene ring substituents is 1. The molecule has 0 aliphatic heterocycles. The van der Waals surface area contributed by atoms with Crippen LogP contribution in [0.25, 0.3) is 10.9 Å². The number of hydrogen-bond donors (Lipinski definition) is 1. The Morgan fingerprint density at radius 3 is 2.81 bits per heavy atom. The number of fused-ring (bicyclic) bond motifs is 1. The van der Waals surface area contributed by atoms with Crippen LogP contribution in [-0.2, 0) is 4.79 Å². The molecule has 0 aliphatic rings. The molecule has 1 heterocycles. The van der Waals surface area contributed by atoms with Gasteiger partial charge in [0.25, 0.3) is 0 Å². The molecule has 2 aromatic rings. The van der Waals surface area contributed by atoms with E-state index in [0.29, 0.717) is 23.1 Å². The Morgan fingerprint density at radius 1 is 1.38 bits per heavy atom. The molecule has 0 saturated heterocycles. The number of rotatable bonds is 5. The minimum Gasteiger partial charge on any atom is -0.379 e. The highest BCUT2D eigenvalue weighted by Gasteiger charge is 2.18. The molecule has 21 heavy (non-hydrogen) atoms. The summed E-state index contributed by atoms with van der Waals surface area (Å²) in [6, 6.07) is 6.66. The molecule has 7 nitrogen and oxygen atoms in total. The summed E-state index contributed by atoms with van der Waals surface area (Å²) in [5.74, 6) is -0.0346. The van der Waals surface area contributed by atoms with Crippen molar-refractivity contribution in [3.05, 3.63) is 40.6 Å². The number of aromatic nitrogens is 1. The van der Waals surface area contributed by atoms with Crippen LogP contribution in [0.3, 0.4) is 0 Å². The number of nitro groups is 1. The van der Waals surface area contributed by atoms with Gasteiger partial charge in [0.1, 0.15) is 5.69 Å². The molecule has 0 saturated carbocycles. The highest BCUT2D eigenvalue weighted by Crippen LogP contribution is 2.32. The molecule has 1 N–H and O–H groups in total. The fourth-order valence-electron chi connectivity index (χ4n) is 2.00. The number of pyridine rings is 1. The molecule has 7 heteroatoms. The van der Waals surface area contributed by atoms with Gasteiger partial charge in [-0.1, -0.05) is 0 Å². The van der Waals surface area contributed by atoms with E-state index < -0.39 is 4.92 Å². The third-order valence-electron chi connectivity index (χ3n) is 3.09. The Morgan fingerprint density at radius 2 is 2.14 bits per heavy atom. The van der Waals surface area contributed by atoms with Gasteiger partial charge in [0.2, 0.25) is 5.91 Å². The predicted octanol–water partition coefficient (Wildman–Crippen LogP) is 2.03. The summed E-state index contributed by atoms with van der Waals surface area (Å²) in [6.07, 6.45) is 1.87. The van der Waals surface area contributed by atoms with Gasteiger partial charge in [-0.15, -0.1) is 0 Å². The van der Waals surface area contributed by atoms with Crippen molar-refractivity contribution in [2.24, 2.45) is 0 Å². The van der Waals surface area contributed by atoms with Crippen LogP contribution >= 0.6 is 0 Å². The summed E-state index contributed by atoms with van der Waals surface area (Å²) >= 11 is 0. The lowest BCUT2D eigenvalue weighted by Gasteiger charge is -2.11. The quantitative estimate of drug-likeness (QED) is 0.671. The SMILES string of the molecule is CN(C)C(=O)CCNc1ccc2ncccc2c1[N+](=O)[O-]. The Labute approximate surface area is 121 Å². The summed E-state index contributed by atoms with van der Waals surface area (Å²) < 4.78 is 0. The highest BCUT2D eigenvalue weighted by atomic mass is 16.6. The molecule has 110 valence electrons. The Hall–Kier alpha value is -2.70. The molecule has 1 amide bonds. The van der Waals surface area contributed by atoms with Crippen LogP contribution in [0.15, 0.2) is 30.5 Å². The van der Waals surface area contributed by atoms with Gasteiger partial charge >= 0.3 is 5.69 Å². The van der Waals surface area contributed by atoms with Gasteiger partial charge in [0.15, 0.2) is 0 Å². The number of carbonyl (C=O) groups is 1. The van der Waals surface area contributed by atoms with Crippen LogP contribution in [0.1, 0.15) is 6.42 Å². The van der Waals surface area contributed by atoms with Gasteiger partial charge in [-0.25, -0.2) is 0 Å². The predicted molar refractivity (Wildman–Crippen MR) is 80.2 cm³/mol. The number of nitrogens with zero attached hydrogens (tertiary/aromatic N) is 3. The number of anilines is 1. The topological polar surface area (TPSA) is 88.4 Å². The third-order valence-corrected chi connectivity index (χ3v) is 3.09. The van der Waals surface area contributed by atoms with E-state index in [9.17, 15) is 14.9 Å².